The molecule has 0 unspecified atom stereocenters. The number of tetrazole rings is 1. The van der Waals surface area contributed by atoms with Crippen LogP contribution < -0.4 is 10.1 Å². The highest BCUT2D eigenvalue weighted by Gasteiger charge is 2.12. The van der Waals surface area contributed by atoms with Crippen molar-refractivity contribution in [2.24, 2.45) is 0 Å². The molecule has 3 aromatic rings. The average Bonchev–Trinajstić information content (AvgIpc) is 3.11. The number of ether oxygens (including phenoxy) is 1. The minimum atomic E-state index is -0.124. The normalized spacial score (nSPS) is 10.5. The van der Waals surface area contributed by atoms with Crippen molar-refractivity contribution in [2.75, 3.05) is 18.2 Å². The molecule has 3 rings (SSSR count). The van der Waals surface area contributed by atoms with Gasteiger partial charge in [-0.25, -0.2) is 0 Å². The van der Waals surface area contributed by atoms with E-state index in [0.29, 0.717) is 5.16 Å². The monoisotopic (exact) mass is 355 g/mol. The molecule has 0 aliphatic rings. The Labute approximate surface area is 149 Å². The fraction of sp³-hybridized carbons (Fsp3) is 0.176. The fourth-order valence-corrected chi connectivity index (χ4v) is 2.91. The van der Waals surface area contributed by atoms with Gasteiger partial charge in [0.2, 0.25) is 11.1 Å². The van der Waals surface area contributed by atoms with Crippen molar-refractivity contribution in [1.82, 2.24) is 20.2 Å². The van der Waals surface area contributed by atoms with E-state index < -0.39 is 0 Å². The number of amides is 1. The van der Waals surface area contributed by atoms with E-state index in [9.17, 15) is 4.79 Å². The first-order valence-corrected chi connectivity index (χ1v) is 8.57. The van der Waals surface area contributed by atoms with Gasteiger partial charge >= 0.3 is 0 Å². The zero-order valence-electron chi connectivity index (χ0n) is 13.8. The van der Waals surface area contributed by atoms with Gasteiger partial charge in [0.1, 0.15) is 5.75 Å². The van der Waals surface area contributed by atoms with E-state index in [0.717, 1.165) is 22.7 Å². The Morgan fingerprint density at radius 2 is 2.04 bits per heavy atom. The Morgan fingerprint density at radius 1 is 1.24 bits per heavy atom. The summed E-state index contributed by atoms with van der Waals surface area (Å²) < 4.78 is 6.77. The van der Waals surface area contributed by atoms with E-state index in [1.165, 1.54) is 11.8 Å². The van der Waals surface area contributed by atoms with E-state index in [-0.39, 0.29) is 11.7 Å². The summed E-state index contributed by atoms with van der Waals surface area (Å²) in [6.07, 6.45) is 0. The SMILES string of the molecule is COc1ccc(NC(=O)CSc2nnnn2-c2ccccc2)c(C)c1. The lowest BCUT2D eigenvalue weighted by molar-refractivity contribution is -0.113. The van der Waals surface area contributed by atoms with Crippen molar-refractivity contribution >= 4 is 23.4 Å². The van der Waals surface area contributed by atoms with Crippen LogP contribution in [0.5, 0.6) is 5.75 Å². The molecule has 1 N–H and O–H groups in total. The number of nitrogens with one attached hydrogen (secondary N) is 1. The molecule has 25 heavy (non-hydrogen) atoms. The van der Waals surface area contributed by atoms with Crippen LogP contribution in [0.25, 0.3) is 5.69 Å². The first-order valence-electron chi connectivity index (χ1n) is 7.58. The number of rotatable bonds is 6. The maximum absolute atomic E-state index is 12.2. The first kappa shape index (κ1) is 17.0. The Hall–Kier alpha value is -2.87. The second-order valence-corrected chi connectivity index (χ2v) is 6.17. The van der Waals surface area contributed by atoms with E-state index in [4.69, 9.17) is 4.74 Å². The largest absolute Gasteiger partial charge is 0.497 e. The second kappa shape index (κ2) is 7.80. The van der Waals surface area contributed by atoms with Crippen LogP contribution in [0, 0.1) is 6.92 Å². The quantitative estimate of drug-likeness (QED) is 0.685. The van der Waals surface area contributed by atoms with Crippen molar-refractivity contribution in [1.29, 1.82) is 0 Å². The summed E-state index contributed by atoms with van der Waals surface area (Å²) in [6, 6.07) is 15.1. The van der Waals surface area contributed by atoms with E-state index >= 15 is 0 Å². The molecule has 0 fully saturated rings. The summed E-state index contributed by atoms with van der Waals surface area (Å²) in [5.41, 5.74) is 2.54. The summed E-state index contributed by atoms with van der Waals surface area (Å²) >= 11 is 1.28. The Morgan fingerprint density at radius 3 is 2.76 bits per heavy atom. The van der Waals surface area contributed by atoms with Crippen molar-refractivity contribution in [3.05, 3.63) is 54.1 Å². The van der Waals surface area contributed by atoms with Gasteiger partial charge in [-0.15, -0.1) is 5.10 Å². The van der Waals surface area contributed by atoms with E-state index in [1.54, 1.807) is 11.8 Å². The number of aryl methyl sites for hydroxylation is 1. The van der Waals surface area contributed by atoms with Gasteiger partial charge in [0, 0.05) is 5.69 Å². The molecule has 0 bridgehead atoms. The van der Waals surface area contributed by atoms with Gasteiger partial charge in [-0.3, -0.25) is 4.79 Å². The number of nitrogens with zero attached hydrogens (tertiary/aromatic N) is 4. The number of aromatic nitrogens is 4. The summed E-state index contributed by atoms with van der Waals surface area (Å²) in [5.74, 6) is 0.839. The molecule has 0 radical (unpaired) electrons. The third-order valence-corrected chi connectivity index (χ3v) is 4.40. The van der Waals surface area contributed by atoms with E-state index in [2.05, 4.69) is 20.8 Å². The highest BCUT2D eigenvalue weighted by molar-refractivity contribution is 7.99. The number of anilines is 1. The van der Waals surface area contributed by atoms with Crippen LogP contribution in [0.15, 0.2) is 53.7 Å². The molecule has 1 heterocycles. The third kappa shape index (κ3) is 4.16. The highest BCUT2D eigenvalue weighted by atomic mass is 32.2. The molecule has 128 valence electrons. The van der Waals surface area contributed by atoms with Crippen LogP contribution in [0.1, 0.15) is 5.56 Å². The molecule has 0 spiro atoms. The minimum Gasteiger partial charge on any atom is -0.497 e. The number of hydrogen-bond acceptors (Lipinski definition) is 6. The van der Waals surface area contributed by atoms with Crippen LogP contribution in [0.2, 0.25) is 0 Å². The number of methoxy groups -OCH3 is 1. The van der Waals surface area contributed by atoms with Gasteiger partial charge in [0.25, 0.3) is 0 Å². The standard InChI is InChI=1S/C17H17N5O2S/c1-12-10-14(24-2)8-9-15(12)18-16(23)11-25-17-19-20-21-22(17)13-6-4-3-5-7-13/h3-10H,11H2,1-2H3,(H,18,23). The lowest BCUT2D eigenvalue weighted by atomic mass is 10.2. The fourth-order valence-electron chi connectivity index (χ4n) is 2.22. The maximum atomic E-state index is 12.2. The van der Waals surface area contributed by atoms with Crippen molar-refractivity contribution in [3.63, 3.8) is 0 Å². The molecule has 0 aliphatic heterocycles. The molecule has 0 saturated heterocycles. The molecule has 7 nitrogen and oxygen atoms in total. The van der Waals surface area contributed by atoms with Crippen LogP contribution in [-0.4, -0.2) is 39.0 Å². The number of benzene rings is 2. The lowest BCUT2D eigenvalue weighted by Crippen LogP contribution is -2.15. The predicted molar refractivity (Wildman–Crippen MR) is 96.2 cm³/mol. The van der Waals surface area contributed by atoms with Gasteiger partial charge in [-0.05, 0) is 53.2 Å². The van der Waals surface area contributed by atoms with E-state index in [1.807, 2.05) is 55.5 Å². The molecule has 0 aliphatic carbocycles. The summed E-state index contributed by atoms with van der Waals surface area (Å²) in [6.45, 7) is 1.92. The Bertz CT molecular complexity index is 866. The molecular formula is C17H17N5O2S. The van der Waals surface area contributed by atoms with Crippen molar-refractivity contribution < 1.29 is 9.53 Å². The van der Waals surface area contributed by atoms with Gasteiger partial charge in [0.05, 0.1) is 18.6 Å². The zero-order valence-corrected chi connectivity index (χ0v) is 14.7. The Balaban J connectivity index is 1.63. The zero-order chi connectivity index (χ0) is 17.6. The number of carbonyl (C=O) groups is 1. The highest BCUT2D eigenvalue weighted by Crippen LogP contribution is 2.22. The summed E-state index contributed by atoms with van der Waals surface area (Å²) in [4.78, 5) is 12.2. The van der Waals surface area contributed by atoms with Crippen molar-refractivity contribution in [3.8, 4) is 11.4 Å². The number of carbonyl (C=O) groups excluding carboxylic acids is 1. The summed E-state index contributed by atoms with van der Waals surface area (Å²) in [7, 11) is 1.61. The Kier molecular flexibility index (Phi) is 5.30. The topological polar surface area (TPSA) is 81.9 Å². The second-order valence-electron chi connectivity index (χ2n) is 5.23. The van der Waals surface area contributed by atoms with Crippen LogP contribution >= 0.6 is 11.8 Å². The third-order valence-electron chi connectivity index (χ3n) is 3.48. The maximum Gasteiger partial charge on any atom is 0.234 e. The minimum absolute atomic E-state index is 0.124. The predicted octanol–water partition coefficient (Wildman–Crippen LogP) is 2.71. The van der Waals surface area contributed by atoms with Crippen LogP contribution in [-0.2, 0) is 4.79 Å². The smallest absolute Gasteiger partial charge is 0.234 e. The molecule has 0 atom stereocenters. The lowest BCUT2D eigenvalue weighted by Gasteiger charge is -2.09. The van der Waals surface area contributed by atoms with Gasteiger partial charge in [0.15, 0.2) is 0 Å². The molecule has 8 heteroatoms. The summed E-state index contributed by atoms with van der Waals surface area (Å²) in [5, 5.41) is 15.1. The first-order chi connectivity index (χ1) is 12.2. The van der Waals surface area contributed by atoms with Gasteiger partial charge in [-0.2, -0.15) is 4.68 Å². The molecule has 0 saturated carbocycles. The number of hydrogen-bond donors (Lipinski definition) is 1. The molecular weight excluding hydrogens is 338 g/mol. The van der Waals surface area contributed by atoms with Crippen molar-refractivity contribution in [2.45, 2.75) is 12.1 Å². The van der Waals surface area contributed by atoms with Crippen LogP contribution in [0.3, 0.4) is 0 Å². The van der Waals surface area contributed by atoms with Gasteiger partial charge < -0.3 is 10.1 Å². The number of thioether (sulfide) groups is 1. The molecule has 1 amide bonds. The van der Waals surface area contributed by atoms with Gasteiger partial charge in [-0.1, -0.05) is 30.0 Å². The molecule has 2 aromatic carbocycles. The molecule has 1 aromatic heterocycles. The van der Waals surface area contributed by atoms with Crippen LogP contribution in [0.4, 0.5) is 5.69 Å². The number of para-hydroxylation sites is 1. The average molecular weight is 355 g/mol.